The molecule has 2 heterocycles. The zero-order valence-corrected chi connectivity index (χ0v) is 10.3. The Morgan fingerprint density at radius 2 is 2.28 bits per heavy atom. The summed E-state index contributed by atoms with van der Waals surface area (Å²) in [5, 5.41) is 12.1. The van der Waals surface area contributed by atoms with Gasteiger partial charge in [-0.2, -0.15) is 0 Å². The van der Waals surface area contributed by atoms with E-state index in [0.717, 1.165) is 0 Å². The molecule has 3 atom stereocenters. The second-order valence-corrected chi connectivity index (χ2v) is 4.51. The topological polar surface area (TPSA) is 88.1 Å². The van der Waals surface area contributed by atoms with Crippen molar-refractivity contribution < 1.29 is 24.2 Å². The number of carbonyl (C=O) groups is 2. The zero-order chi connectivity index (χ0) is 13.1. The number of rotatable bonds is 3. The van der Waals surface area contributed by atoms with Crippen LogP contribution in [-0.2, 0) is 19.1 Å². The average molecular weight is 258 g/mol. The summed E-state index contributed by atoms with van der Waals surface area (Å²) in [7, 11) is 1.61. The lowest BCUT2D eigenvalue weighted by atomic mass is 10.1. The molecule has 0 saturated carbocycles. The van der Waals surface area contributed by atoms with Crippen molar-refractivity contribution in [1.29, 1.82) is 0 Å². The van der Waals surface area contributed by atoms with Crippen molar-refractivity contribution in [1.82, 2.24) is 10.2 Å². The van der Waals surface area contributed by atoms with Crippen LogP contribution in [0.25, 0.3) is 0 Å². The van der Waals surface area contributed by atoms with Crippen molar-refractivity contribution in [2.45, 2.75) is 24.6 Å². The molecule has 7 nitrogen and oxygen atoms in total. The van der Waals surface area contributed by atoms with E-state index in [1.807, 2.05) is 0 Å². The summed E-state index contributed by atoms with van der Waals surface area (Å²) in [6, 6.07) is -1.23. The summed E-state index contributed by atoms with van der Waals surface area (Å²) in [5.41, 5.74) is 0. The van der Waals surface area contributed by atoms with Gasteiger partial charge in [0.25, 0.3) is 0 Å². The molecular weight excluding hydrogens is 240 g/mol. The second kappa shape index (κ2) is 5.64. The predicted octanol–water partition coefficient (Wildman–Crippen LogP) is -1.32. The van der Waals surface area contributed by atoms with Crippen LogP contribution in [0, 0.1) is 0 Å². The van der Waals surface area contributed by atoms with Crippen molar-refractivity contribution in [3.8, 4) is 0 Å². The van der Waals surface area contributed by atoms with Gasteiger partial charge >= 0.3 is 5.97 Å². The van der Waals surface area contributed by atoms with Crippen LogP contribution in [0.15, 0.2) is 0 Å². The third-order valence-corrected chi connectivity index (χ3v) is 3.42. The molecule has 1 amide bonds. The number of morpholine rings is 1. The first-order valence-corrected chi connectivity index (χ1v) is 6.00. The minimum Gasteiger partial charge on any atom is -0.480 e. The van der Waals surface area contributed by atoms with Crippen molar-refractivity contribution >= 4 is 11.9 Å². The molecule has 0 aromatic carbocycles. The van der Waals surface area contributed by atoms with Crippen LogP contribution in [0.3, 0.4) is 0 Å². The Morgan fingerprint density at radius 3 is 2.89 bits per heavy atom. The van der Waals surface area contributed by atoms with Crippen LogP contribution in [0.1, 0.15) is 6.42 Å². The minimum atomic E-state index is -1.02. The zero-order valence-electron chi connectivity index (χ0n) is 10.3. The Bertz CT molecular complexity index is 335. The highest BCUT2D eigenvalue weighted by molar-refractivity contribution is 5.87. The van der Waals surface area contributed by atoms with E-state index in [1.54, 1.807) is 7.11 Å². The third-order valence-electron chi connectivity index (χ3n) is 3.42. The van der Waals surface area contributed by atoms with Gasteiger partial charge in [-0.25, -0.2) is 4.79 Å². The van der Waals surface area contributed by atoms with Gasteiger partial charge in [0.15, 0.2) is 6.04 Å². The molecule has 102 valence electrons. The number of methoxy groups -OCH3 is 1. The van der Waals surface area contributed by atoms with Crippen molar-refractivity contribution in [2.75, 3.05) is 33.4 Å². The number of carboxylic acid groups (broad SMARTS) is 1. The Hall–Kier alpha value is -1.18. The van der Waals surface area contributed by atoms with E-state index in [0.29, 0.717) is 26.1 Å². The van der Waals surface area contributed by atoms with Gasteiger partial charge in [0, 0.05) is 20.2 Å². The Morgan fingerprint density at radius 1 is 1.50 bits per heavy atom. The molecule has 3 unspecified atom stereocenters. The standard InChI is InChI=1S/C11H18N2O5/c1-17-7-4-8(12-5-7)10(14)13-2-3-18-6-9(13)11(15)16/h7-9,12H,2-6H2,1H3,(H,15,16). The van der Waals surface area contributed by atoms with E-state index >= 15 is 0 Å². The summed E-state index contributed by atoms with van der Waals surface area (Å²) < 4.78 is 10.3. The molecule has 18 heavy (non-hydrogen) atoms. The quantitative estimate of drug-likeness (QED) is 0.652. The number of carbonyl (C=O) groups excluding carboxylic acids is 1. The van der Waals surface area contributed by atoms with Gasteiger partial charge in [0.2, 0.25) is 5.91 Å². The van der Waals surface area contributed by atoms with Gasteiger partial charge in [-0.05, 0) is 6.42 Å². The van der Waals surface area contributed by atoms with Gasteiger partial charge in [0.05, 0.1) is 25.4 Å². The first-order chi connectivity index (χ1) is 8.63. The van der Waals surface area contributed by atoms with Crippen LogP contribution in [0.5, 0.6) is 0 Å². The lowest BCUT2D eigenvalue weighted by Crippen LogP contribution is -2.56. The van der Waals surface area contributed by atoms with E-state index in [-0.39, 0.29) is 24.7 Å². The molecule has 0 radical (unpaired) electrons. The normalized spacial score (nSPS) is 32.5. The van der Waals surface area contributed by atoms with Gasteiger partial charge in [0.1, 0.15) is 0 Å². The predicted molar refractivity (Wildman–Crippen MR) is 61.2 cm³/mol. The number of ether oxygens (including phenoxy) is 2. The van der Waals surface area contributed by atoms with Gasteiger partial charge in [-0.15, -0.1) is 0 Å². The van der Waals surface area contributed by atoms with Crippen LogP contribution >= 0.6 is 0 Å². The molecule has 2 aliphatic heterocycles. The number of aliphatic carboxylic acids is 1. The van der Waals surface area contributed by atoms with Crippen molar-refractivity contribution in [3.63, 3.8) is 0 Å². The monoisotopic (exact) mass is 258 g/mol. The van der Waals surface area contributed by atoms with Gasteiger partial charge in [-0.1, -0.05) is 0 Å². The Labute approximate surface area is 105 Å². The molecule has 7 heteroatoms. The molecule has 0 aromatic rings. The number of carboxylic acids is 1. The van der Waals surface area contributed by atoms with E-state index in [4.69, 9.17) is 14.6 Å². The number of hydrogen-bond acceptors (Lipinski definition) is 5. The average Bonchev–Trinajstić information content (AvgIpc) is 2.86. The van der Waals surface area contributed by atoms with Crippen LogP contribution < -0.4 is 5.32 Å². The summed E-state index contributed by atoms with van der Waals surface area (Å²) in [6.45, 7) is 1.39. The van der Waals surface area contributed by atoms with E-state index in [1.165, 1.54) is 4.90 Å². The van der Waals surface area contributed by atoms with E-state index < -0.39 is 12.0 Å². The fourth-order valence-electron chi connectivity index (χ4n) is 2.34. The summed E-state index contributed by atoms with van der Waals surface area (Å²) >= 11 is 0. The largest absolute Gasteiger partial charge is 0.480 e. The summed E-state index contributed by atoms with van der Waals surface area (Å²) in [5.74, 6) is -1.20. The smallest absolute Gasteiger partial charge is 0.328 e. The minimum absolute atomic E-state index is 0.0169. The van der Waals surface area contributed by atoms with Crippen molar-refractivity contribution in [2.24, 2.45) is 0 Å². The molecular formula is C11H18N2O5. The maximum absolute atomic E-state index is 12.3. The molecule has 2 N–H and O–H groups in total. The number of nitrogens with one attached hydrogen (secondary N) is 1. The maximum Gasteiger partial charge on any atom is 0.328 e. The van der Waals surface area contributed by atoms with Crippen molar-refractivity contribution in [3.05, 3.63) is 0 Å². The summed E-state index contributed by atoms with van der Waals surface area (Å²) in [4.78, 5) is 24.7. The molecule has 2 rings (SSSR count). The molecule has 2 aliphatic rings. The highest BCUT2D eigenvalue weighted by Crippen LogP contribution is 2.16. The van der Waals surface area contributed by atoms with Gasteiger partial charge < -0.3 is 24.8 Å². The third kappa shape index (κ3) is 2.63. The lowest BCUT2D eigenvalue weighted by molar-refractivity contribution is -0.159. The molecule has 0 spiro atoms. The highest BCUT2D eigenvalue weighted by Gasteiger charge is 2.38. The fourth-order valence-corrected chi connectivity index (χ4v) is 2.34. The SMILES string of the molecule is COC1CNC(C(=O)N2CCOCC2C(=O)O)C1. The first kappa shape index (κ1) is 13.3. The molecule has 0 aromatic heterocycles. The fraction of sp³-hybridized carbons (Fsp3) is 0.818. The van der Waals surface area contributed by atoms with Crippen LogP contribution in [-0.4, -0.2) is 73.5 Å². The van der Waals surface area contributed by atoms with E-state index in [2.05, 4.69) is 5.32 Å². The number of amides is 1. The summed E-state index contributed by atoms with van der Waals surface area (Å²) in [6.07, 6.45) is 0.599. The van der Waals surface area contributed by atoms with Gasteiger partial charge in [-0.3, -0.25) is 4.79 Å². The number of nitrogens with zero attached hydrogens (tertiary/aromatic N) is 1. The molecule has 0 bridgehead atoms. The highest BCUT2D eigenvalue weighted by atomic mass is 16.5. The first-order valence-electron chi connectivity index (χ1n) is 6.00. The lowest BCUT2D eigenvalue weighted by Gasteiger charge is -2.34. The number of hydrogen-bond donors (Lipinski definition) is 2. The second-order valence-electron chi connectivity index (χ2n) is 4.51. The molecule has 0 aliphatic carbocycles. The Kier molecular flexibility index (Phi) is 4.15. The molecule has 2 fully saturated rings. The van der Waals surface area contributed by atoms with Crippen LogP contribution in [0.2, 0.25) is 0 Å². The van der Waals surface area contributed by atoms with Crippen LogP contribution in [0.4, 0.5) is 0 Å². The van der Waals surface area contributed by atoms with E-state index in [9.17, 15) is 9.59 Å². The maximum atomic E-state index is 12.3. The molecule has 2 saturated heterocycles. The Balaban J connectivity index is 2.00.